The van der Waals surface area contributed by atoms with Gasteiger partial charge < -0.3 is 14.5 Å². The number of esters is 1. The number of aromatic nitrogens is 2. The lowest BCUT2D eigenvalue weighted by Crippen LogP contribution is -2.32. The predicted octanol–water partition coefficient (Wildman–Crippen LogP) is 1.90. The average Bonchev–Trinajstić information content (AvgIpc) is 2.63. The highest BCUT2D eigenvalue weighted by Gasteiger charge is 2.09. The molecule has 1 aromatic heterocycles. The summed E-state index contributed by atoms with van der Waals surface area (Å²) in [5.41, 5.74) is -0.152. The van der Waals surface area contributed by atoms with Gasteiger partial charge in [-0.3, -0.25) is 9.59 Å². The van der Waals surface area contributed by atoms with Crippen molar-refractivity contribution in [3.8, 4) is 11.5 Å². The molecule has 0 unspecified atom stereocenters. The minimum Gasteiger partial charge on any atom is -0.490 e. The normalized spacial score (nSPS) is 11.0. The van der Waals surface area contributed by atoms with Crippen molar-refractivity contribution >= 4 is 23.1 Å². The second-order valence-corrected chi connectivity index (χ2v) is 5.57. The van der Waals surface area contributed by atoms with E-state index in [-0.39, 0.29) is 5.75 Å². The van der Waals surface area contributed by atoms with E-state index in [1.54, 1.807) is 49.4 Å². The summed E-state index contributed by atoms with van der Waals surface area (Å²) in [6, 6.07) is 11.5. The van der Waals surface area contributed by atoms with Crippen LogP contribution in [-0.4, -0.2) is 28.5 Å². The van der Waals surface area contributed by atoms with Gasteiger partial charge in [0.05, 0.1) is 23.7 Å². The summed E-state index contributed by atoms with van der Waals surface area (Å²) in [5.74, 6) is 0.172. The van der Waals surface area contributed by atoms with E-state index in [4.69, 9.17) is 9.47 Å². The minimum absolute atomic E-state index is 0.280. The van der Waals surface area contributed by atoms with Crippen LogP contribution in [-0.2, 0) is 4.79 Å². The molecule has 0 radical (unpaired) electrons. The van der Waals surface area contributed by atoms with Crippen molar-refractivity contribution < 1.29 is 14.3 Å². The third-order valence-corrected chi connectivity index (χ3v) is 3.63. The minimum atomic E-state index is -0.642. The number of carbonyl (C=O) groups is 1. The van der Waals surface area contributed by atoms with Gasteiger partial charge in [0.15, 0.2) is 11.5 Å². The molecule has 0 aliphatic rings. The molecule has 1 N–H and O–H groups in total. The number of nitrogens with zero attached hydrogens (tertiary/aromatic N) is 2. The monoisotopic (exact) mass is 367 g/mol. The number of aromatic amines is 1. The maximum Gasteiger partial charge on any atom is 0.349 e. The summed E-state index contributed by atoms with van der Waals surface area (Å²) in [6.45, 7) is 3.47. The van der Waals surface area contributed by atoms with Gasteiger partial charge in [-0.25, -0.2) is 4.79 Å². The number of ether oxygens (including phenoxy) is 2. The second-order valence-electron chi connectivity index (χ2n) is 5.57. The van der Waals surface area contributed by atoms with Gasteiger partial charge in [-0.15, -0.1) is 4.68 Å². The van der Waals surface area contributed by atoms with E-state index in [0.29, 0.717) is 28.8 Å². The number of benzene rings is 2. The van der Waals surface area contributed by atoms with Crippen LogP contribution in [0.25, 0.3) is 10.9 Å². The Labute approximate surface area is 153 Å². The molecule has 1 heterocycles. The molecule has 3 rings (SSSR count). The maximum absolute atomic E-state index is 12.5. The largest absolute Gasteiger partial charge is 0.490 e. The third-order valence-electron chi connectivity index (χ3n) is 3.63. The molecule has 138 valence electrons. The van der Waals surface area contributed by atoms with E-state index in [0.717, 1.165) is 4.68 Å². The second kappa shape index (κ2) is 7.69. The van der Waals surface area contributed by atoms with Crippen LogP contribution in [0.2, 0.25) is 0 Å². The Bertz CT molecular complexity index is 1140. The molecule has 0 saturated heterocycles. The fraction of sp³-hybridized carbons (Fsp3) is 0.158. The Balaban J connectivity index is 2.00. The van der Waals surface area contributed by atoms with Crippen LogP contribution in [0.4, 0.5) is 0 Å². The summed E-state index contributed by atoms with van der Waals surface area (Å²) in [5, 5.41) is 4.35. The Hall–Kier alpha value is -3.68. The molecular weight excluding hydrogens is 350 g/mol. The number of hydrogen-bond acceptors (Lipinski definition) is 6. The zero-order valence-corrected chi connectivity index (χ0v) is 14.8. The summed E-state index contributed by atoms with van der Waals surface area (Å²) in [6.07, 6.45) is 1.35. The molecule has 0 amide bonds. The summed E-state index contributed by atoms with van der Waals surface area (Å²) >= 11 is 0. The van der Waals surface area contributed by atoms with Gasteiger partial charge in [0, 0.05) is 6.92 Å². The van der Waals surface area contributed by atoms with Crippen molar-refractivity contribution in [2.24, 2.45) is 5.10 Å². The SMILES string of the molecule is CCOc1cc(C=Nn2c(=O)[nH]c3ccccc3c2=O)ccc1OC(C)=O. The smallest absolute Gasteiger partial charge is 0.349 e. The molecule has 0 aliphatic carbocycles. The highest BCUT2D eigenvalue weighted by molar-refractivity contribution is 5.82. The van der Waals surface area contributed by atoms with Crippen molar-refractivity contribution in [1.29, 1.82) is 0 Å². The van der Waals surface area contributed by atoms with Crippen molar-refractivity contribution in [2.45, 2.75) is 13.8 Å². The first-order chi connectivity index (χ1) is 13.0. The zero-order chi connectivity index (χ0) is 19.4. The van der Waals surface area contributed by atoms with Crippen LogP contribution in [0.3, 0.4) is 0 Å². The molecule has 8 heteroatoms. The van der Waals surface area contributed by atoms with E-state index < -0.39 is 17.2 Å². The van der Waals surface area contributed by atoms with Gasteiger partial charge in [-0.2, -0.15) is 5.10 Å². The molecule has 0 spiro atoms. The van der Waals surface area contributed by atoms with Crippen LogP contribution in [0.5, 0.6) is 11.5 Å². The van der Waals surface area contributed by atoms with Crippen LogP contribution in [0.1, 0.15) is 19.4 Å². The highest BCUT2D eigenvalue weighted by Crippen LogP contribution is 2.28. The lowest BCUT2D eigenvalue weighted by atomic mass is 10.2. The van der Waals surface area contributed by atoms with E-state index >= 15 is 0 Å². The first-order valence-corrected chi connectivity index (χ1v) is 8.23. The molecule has 2 aromatic carbocycles. The Kier molecular flexibility index (Phi) is 5.16. The third kappa shape index (κ3) is 3.95. The summed E-state index contributed by atoms with van der Waals surface area (Å²) in [4.78, 5) is 38.4. The standard InChI is InChI=1S/C19H17N3O5/c1-3-26-17-10-13(8-9-16(17)27-12(2)23)11-20-22-18(24)14-6-4-5-7-15(14)21-19(22)25/h4-11H,3H2,1-2H3,(H,21,25). The number of fused-ring (bicyclic) bond motifs is 1. The lowest BCUT2D eigenvalue weighted by molar-refractivity contribution is -0.132. The van der Waals surface area contributed by atoms with Crippen molar-refractivity contribution in [3.05, 3.63) is 68.9 Å². The Morgan fingerprint density at radius 3 is 2.70 bits per heavy atom. The first kappa shape index (κ1) is 18.1. The molecule has 27 heavy (non-hydrogen) atoms. The quantitative estimate of drug-likeness (QED) is 0.421. The van der Waals surface area contributed by atoms with E-state index in [1.807, 2.05) is 0 Å². The number of carbonyl (C=O) groups excluding carboxylic acids is 1. The van der Waals surface area contributed by atoms with Gasteiger partial charge in [0.1, 0.15) is 0 Å². The molecule has 0 saturated carbocycles. The first-order valence-electron chi connectivity index (χ1n) is 8.23. The molecule has 8 nitrogen and oxygen atoms in total. The summed E-state index contributed by atoms with van der Waals surface area (Å²) in [7, 11) is 0. The number of H-pyrrole nitrogens is 1. The highest BCUT2D eigenvalue weighted by atomic mass is 16.6. The lowest BCUT2D eigenvalue weighted by Gasteiger charge is -2.10. The maximum atomic E-state index is 12.5. The summed E-state index contributed by atoms with van der Waals surface area (Å²) < 4.78 is 11.3. The van der Waals surface area contributed by atoms with Gasteiger partial charge in [0.2, 0.25) is 0 Å². The van der Waals surface area contributed by atoms with Gasteiger partial charge >= 0.3 is 11.7 Å². The number of rotatable bonds is 5. The molecule has 0 atom stereocenters. The molecule has 3 aromatic rings. The number of nitrogens with one attached hydrogen (secondary N) is 1. The molecule has 0 fully saturated rings. The fourth-order valence-corrected chi connectivity index (χ4v) is 2.49. The van der Waals surface area contributed by atoms with Crippen molar-refractivity contribution in [1.82, 2.24) is 9.66 Å². The zero-order valence-electron chi connectivity index (χ0n) is 14.8. The Morgan fingerprint density at radius 2 is 1.96 bits per heavy atom. The van der Waals surface area contributed by atoms with Crippen LogP contribution < -0.4 is 20.7 Å². The van der Waals surface area contributed by atoms with Gasteiger partial charge in [-0.05, 0) is 42.8 Å². The molecule has 0 aliphatic heterocycles. The van der Waals surface area contributed by atoms with Gasteiger partial charge in [0.25, 0.3) is 5.56 Å². The molecular formula is C19H17N3O5. The van der Waals surface area contributed by atoms with Crippen LogP contribution >= 0.6 is 0 Å². The topological polar surface area (TPSA) is 103 Å². The fourth-order valence-electron chi connectivity index (χ4n) is 2.49. The van der Waals surface area contributed by atoms with E-state index in [9.17, 15) is 14.4 Å². The Morgan fingerprint density at radius 1 is 1.19 bits per heavy atom. The predicted molar refractivity (Wildman–Crippen MR) is 101 cm³/mol. The van der Waals surface area contributed by atoms with Crippen LogP contribution in [0, 0.1) is 0 Å². The average molecular weight is 367 g/mol. The van der Waals surface area contributed by atoms with Gasteiger partial charge in [-0.1, -0.05) is 12.1 Å². The van der Waals surface area contributed by atoms with Crippen molar-refractivity contribution in [2.75, 3.05) is 6.61 Å². The van der Waals surface area contributed by atoms with Crippen LogP contribution in [0.15, 0.2) is 57.2 Å². The van der Waals surface area contributed by atoms with E-state index in [1.165, 1.54) is 13.1 Å². The molecule has 0 bridgehead atoms. The van der Waals surface area contributed by atoms with Crippen molar-refractivity contribution in [3.63, 3.8) is 0 Å². The van der Waals surface area contributed by atoms with E-state index in [2.05, 4.69) is 10.1 Å². The number of para-hydroxylation sites is 1. The number of hydrogen-bond donors (Lipinski definition) is 1.